The van der Waals surface area contributed by atoms with Crippen molar-refractivity contribution in [3.05, 3.63) is 28.2 Å². The summed E-state index contributed by atoms with van der Waals surface area (Å²) in [6.45, 7) is 4.74. The lowest BCUT2D eigenvalue weighted by Crippen LogP contribution is -2.47. The minimum Gasteiger partial charge on any atom is -0.481 e. The summed E-state index contributed by atoms with van der Waals surface area (Å²) in [6.07, 6.45) is 0.621. The zero-order valence-corrected chi connectivity index (χ0v) is 13.7. The van der Waals surface area contributed by atoms with E-state index in [2.05, 4.69) is 21.2 Å². The summed E-state index contributed by atoms with van der Waals surface area (Å²) in [5.74, 6) is -1.12. The van der Waals surface area contributed by atoms with E-state index in [1.807, 2.05) is 32.0 Å². The molecule has 2 amide bonds. The van der Waals surface area contributed by atoms with Gasteiger partial charge in [0.1, 0.15) is 0 Å². The highest BCUT2D eigenvalue weighted by molar-refractivity contribution is 9.10. The second kappa shape index (κ2) is 6.47. The molecule has 1 saturated heterocycles. The van der Waals surface area contributed by atoms with Crippen molar-refractivity contribution in [3.8, 4) is 0 Å². The van der Waals surface area contributed by atoms with E-state index in [1.54, 1.807) is 4.90 Å². The number of nitrogens with zero attached hydrogens (tertiary/aromatic N) is 1. The standard InChI is InChI=1S/C15H19BrN2O3/c1-9-5-11(14(19)20)8-18(7-9)15(21)17-13-4-3-12(16)6-10(13)2/h3-4,6,9,11H,5,7-8H2,1-2H3,(H,17,21)(H,19,20). The van der Waals surface area contributed by atoms with Crippen LogP contribution in [0, 0.1) is 18.8 Å². The average Bonchev–Trinajstić information content (AvgIpc) is 2.41. The lowest BCUT2D eigenvalue weighted by atomic mass is 9.91. The van der Waals surface area contributed by atoms with E-state index in [9.17, 15) is 9.59 Å². The maximum absolute atomic E-state index is 12.3. The molecule has 1 aromatic rings. The van der Waals surface area contributed by atoms with Crippen molar-refractivity contribution in [2.24, 2.45) is 11.8 Å². The predicted molar refractivity (Wildman–Crippen MR) is 84.4 cm³/mol. The number of benzene rings is 1. The molecule has 1 aromatic carbocycles. The van der Waals surface area contributed by atoms with Crippen LogP contribution in [0.25, 0.3) is 0 Å². The smallest absolute Gasteiger partial charge is 0.321 e. The Balaban J connectivity index is 2.07. The van der Waals surface area contributed by atoms with Gasteiger partial charge >= 0.3 is 12.0 Å². The molecule has 1 fully saturated rings. The van der Waals surface area contributed by atoms with Crippen molar-refractivity contribution in [2.75, 3.05) is 18.4 Å². The van der Waals surface area contributed by atoms with E-state index in [1.165, 1.54) is 0 Å². The van der Waals surface area contributed by atoms with E-state index in [4.69, 9.17) is 5.11 Å². The molecule has 0 aromatic heterocycles. The first-order valence-electron chi connectivity index (χ1n) is 6.91. The van der Waals surface area contributed by atoms with E-state index in [-0.39, 0.29) is 18.5 Å². The lowest BCUT2D eigenvalue weighted by molar-refractivity contribution is -0.143. The molecular weight excluding hydrogens is 336 g/mol. The summed E-state index contributed by atoms with van der Waals surface area (Å²) in [5.41, 5.74) is 1.70. The summed E-state index contributed by atoms with van der Waals surface area (Å²) >= 11 is 3.38. The molecule has 2 N–H and O–H groups in total. The summed E-state index contributed by atoms with van der Waals surface area (Å²) < 4.78 is 0.954. The Morgan fingerprint density at radius 3 is 2.71 bits per heavy atom. The van der Waals surface area contributed by atoms with Crippen LogP contribution in [0.1, 0.15) is 18.9 Å². The van der Waals surface area contributed by atoms with Gasteiger partial charge in [-0.25, -0.2) is 4.79 Å². The molecule has 6 heteroatoms. The maximum Gasteiger partial charge on any atom is 0.321 e. The molecule has 1 aliphatic rings. The molecule has 0 spiro atoms. The third-order valence-corrected chi connectivity index (χ3v) is 4.22. The van der Waals surface area contributed by atoms with Crippen molar-refractivity contribution >= 4 is 33.6 Å². The quantitative estimate of drug-likeness (QED) is 0.855. The number of carbonyl (C=O) groups excluding carboxylic acids is 1. The molecule has 0 saturated carbocycles. The molecule has 0 radical (unpaired) electrons. The Labute approximate surface area is 132 Å². The number of carboxylic acids is 1. The molecule has 2 unspecified atom stereocenters. The van der Waals surface area contributed by atoms with Gasteiger partial charge in [-0.3, -0.25) is 4.79 Å². The van der Waals surface area contributed by atoms with E-state index < -0.39 is 11.9 Å². The Bertz CT molecular complexity index is 562. The fourth-order valence-electron chi connectivity index (χ4n) is 2.66. The van der Waals surface area contributed by atoms with Crippen LogP contribution in [0.5, 0.6) is 0 Å². The number of hydrogen-bond donors (Lipinski definition) is 2. The van der Waals surface area contributed by atoms with Gasteiger partial charge in [0.2, 0.25) is 0 Å². The van der Waals surface area contributed by atoms with Crippen LogP contribution in [-0.4, -0.2) is 35.1 Å². The maximum atomic E-state index is 12.3. The molecular formula is C15H19BrN2O3. The molecule has 5 nitrogen and oxygen atoms in total. The number of anilines is 1. The van der Waals surface area contributed by atoms with Crippen molar-refractivity contribution < 1.29 is 14.7 Å². The number of piperidine rings is 1. The van der Waals surface area contributed by atoms with E-state index in [0.29, 0.717) is 13.0 Å². The highest BCUT2D eigenvalue weighted by atomic mass is 79.9. The molecule has 2 rings (SSSR count). The number of aliphatic carboxylic acids is 1. The van der Waals surface area contributed by atoms with Crippen LogP contribution in [0.15, 0.2) is 22.7 Å². The Kier molecular flexibility index (Phi) is 4.88. The number of carboxylic acid groups (broad SMARTS) is 1. The van der Waals surface area contributed by atoms with Crippen molar-refractivity contribution in [1.29, 1.82) is 0 Å². The van der Waals surface area contributed by atoms with E-state index in [0.717, 1.165) is 15.7 Å². The number of likely N-dealkylation sites (tertiary alicyclic amines) is 1. The van der Waals surface area contributed by atoms with Crippen LogP contribution in [0.4, 0.5) is 10.5 Å². The number of aryl methyl sites for hydroxylation is 1. The van der Waals surface area contributed by atoms with Crippen molar-refractivity contribution in [1.82, 2.24) is 4.90 Å². The number of amides is 2. The van der Waals surface area contributed by atoms with Gasteiger partial charge in [-0.15, -0.1) is 0 Å². The Hall–Kier alpha value is -1.56. The second-order valence-electron chi connectivity index (χ2n) is 5.67. The number of urea groups is 1. The SMILES string of the molecule is Cc1cc(Br)ccc1NC(=O)N1CC(C)CC(C(=O)O)C1. The third kappa shape index (κ3) is 3.97. The van der Waals surface area contributed by atoms with Gasteiger partial charge in [0, 0.05) is 23.2 Å². The Morgan fingerprint density at radius 1 is 1.38 bits per heavy atom. The second-order valence-corrected chi connectivity index (χ2v) is 6.59. The van der Waals surface area contributed by atoms with Crippen LogP contribution < -0.4 is 5.32 Å². The zero-order valence-electron chi connectivity index (χ0n) is 12.1. The summed E-state index contributed by atoms with van der Waals surface area (Å²) in [5, 5.41) is 12.0. The third-order valence-electron chi connectivity index (χ3n) is 3.73. The highest BCUT2D eigenvalue weighted by Crippen LogP contribution is 2.24. The molecule has 1 heterocycles. The average molecular weight is 355 g/mol. The first-order valence-corrected chi connectivity index (χ1v) is 7.71. The number of hydrogen-bond acceptors (Lipinski definition) is 2. The number of rotatable bonds is 2. The fourth-order valence-corrected chi connectivity index (χ4v) is 3.13. The molecule has 0 aliphatic carbocycles. The molecule has 114 valence electrons. The largest absolute Gasteiger partial charge is 0.481 e. The van der Waals surface area contributed by atoms with Gasteiger partial charge in [-0.05, 0) is 43.0 Å². The minimum atomic E-state index is -0.834. The van der Waals surface area contributed by atoms with Crippen molar-refractivity contribution in [2.45, 2.75) is 20.3 Å². The lowest BCUT2D eigenvalue weighted by Gasteiger charge is -2.34. The normalized spacial score (nSPS) is 22.0. The van der Waals surface area contributed by atoms with Gasteiger partial charge in [-0.1, -0.05) is 22.9 Å². The summed E-state index contributed by atoms with van der Waals surface area (Å²) in [7, 11) is 0. The van der Waals surface area contributed by atoms with Gasteiger partial charge in [0.25, 0.3) is 0 Å². The monoisotopic (exact) mass is 354 g/mol. The molecule has 21 heavy (non-hydrogen) atoms. The summed E-state index contributed by atoms with van der Waals surface area (Å²) in [6, 6.07) is 5.38. The van der Waals surface area contributed by atoms with Gasteiger partial charge in [-0.2, -0.15) is 0 Å². The fraction of sp³-hybridized carbons (Fsp3) is 0.467. The molecule has 0 bridgehead atoms. The van der Waals surface area contributed by atoms with Crippen molar-refractivity contribution in [3.63, 3.8) is 0 Å². The number of nitrogens with one attached hydrogen (secondary N) is 1. The number of carbonyl (C=O) groups is 2. The zero-order chi connectivity index (χ0) is 15.6. The van der Waals surface area contributed by atoms with Gasteiger partial charge in [0.05, 0.1) is 5.92 Å². The Morgan fingerprint density at radius 2 is 2.10 bits per heavy atom. The first kappa shape index (κ1) is 15.8. The first-order chi connectivity index (χ1) is 9.86. The topological polar surface area (TPSA) is 69.6 Å². The van der Waals surface area contributed by atoms with Crippen LogP contribution in [0.3, 0.4) is 0 Å². The van der Waals surface area contributed by atoms with Crippen LogP contribution >= 0.6 is 15.9 Å². The summed E-state index contributed by atoms with van der Waals surface area (Å²) in [4.78, 5) is 25.1. The van der Waals surface area contributed by atoms with Gasteiger partial charge < -0.3 is 15.3 Å². The van der Waals surface area contributed by atoms with E-state index >= 15 is 0 Å². The van der Waals surface area contributed by atoms with Crippen LogP contribution in [-0.2, 0) is 4.79 Å². The molecule has 1 aliphatic heterocycles. The predicted octanol–water partition coefficient (Wildman–Crippen LogP) is 3.33. The highest BCUT2D eigenvalue weighted by Gasteiger charge is 2.31. The minimum absolute atomic E-state index is 0.191. The number of halogens is 1. The molecule has 2 atom stereocenters. The van der Waals surface area contributed by atoms with Gasteiger partial charge in [0.15, 0.2) is 0 Å². The van der Waals surface area contributed by atoms with Crippen LogP contribution in [0.2, 0.25) is 0 Å².